The number of hydrogen-bond donors (Lipinski definition) is 2. The van der Waals surface area contributed by atoms with E-state index in [4.69, 9.17) is 5.11 Å². The molecule has 2 rings (SSSR count). The van der Waals surface area contributed by atoms with Crippen LogP contribution in [0.2, 0.25) is 0 Å². The fraction of sp³-hybridized carbons (Fsp3) is 0.308. The van der Waals surface area contributed by atoms with Crippen LogP contribution in [0.1, 0.15) is 6.92 Å². The largest absolute Gasteiger partial charge is 0.481 e. The van der Waals surface area contributed by atoms with Gasteiger partial charge in [-0.25, -0.2) is 9.37 Å². The quantitative estimate of drug-likeness (QED) is 0.790. The van der Waals surface area contributed by atoms with Crippen LogP contribution in [0.3, 0.4) is 0 Å². The highest BCUT2D eigenvalue weighted by atomic mass is 32.2. The molecule has 2 aromatic rings. The first-order chi connectivity index (χ1) is 10.0. The predicted octanol–water partition coefficient (Wildman–Crippen LogP) is 1.49. The van der Waals surface area contributed by atoms with Gasteiger partial charge in [-0.05, 0) is 25.1 Å². The number of carbonyl (C=O) groups excluding carboxylic acids is 1. The Morgan fingerprint density at radius 3 is 2.90 bits per heavy atom. The Bertz CT molecular complexity index is 687. The minimum absolute atomic E-state index is 0.0320. The second-order valence-electron chi connectivity index (χ2n) is 4.25. The van der Waals surface area contributed by atoms with Crippen molar-refractivity contribution in [3.8, 4) is 0 Å². The molecule has 0 bridgehead atoms. The molecule has 112 valence electrons. The molecule has 0 saturated carbocycles. The Hall–Kier alpha value is -2.09. The van der Waals surface area contributed by atoms with E-state index >= 15 is 0 Å². The second-order valence-corrected chi connectivity index (χ2v) is 5.19. The summed E-state index contributed by atoms with van der Waals surface area (Å²) < 4.78 is 14.9. The molecule has 2 N–H and O–H groups in total. The maximum absolute atomic E-state index is 13.4. The maximum atomic E-state index is 13.4. The van der Waals surface area contributed by atoms with Gasteiger partial charge in [-0.3, -0.25) is 9.59 Å². The average Bonchev–Trinajstić information content (AvgIpc) is 2.74. The molecule has 0 spiro atoms. The van der Waals surface area contributed by atoms with Gasteiger partial charge in [0.2, 0.25) is 5.91 Å². The lowest BCUT2D eigenvalue weighted by Crippen LogP contribution is -2.27. The lowest BCUT2D eigenvalue weighted by Gasteiger charge is -2.08. The number of hydrogen-bond acceptors (Lipinski definition) is 4. The fourth-order valence-corrected chi connectivity index (χ4v) is 2.59. The van der Waals surface area contributed by atoms with Crippen molar-refractivity contribution in [1.82, 2.24) is 14.9 Å². The molecule has 1 aromatic heterocycles. The van der Waals surface area contributed by atoms with E-state index in [0.29, 0.717) is 22.7 Å². The van der Waals surface area contributed by atoms with E-state index in [-0.39, 0.29) is 18.2 Å². The van der Waals surface area contributed by atoms with Crippen LogP contribution in [0.25, 0.3) is 11.0 Å². The summed E-state index contributed by atoms with van der Waals surface area (Å²) >= 11 is 0.997. The smallest absolute Gasteiger partial charge is 0.313 e. The lowest BCUT2D eigenvalue weighted by atomic mass is 10.3. The van der Waals surface area contributed by atoms with Crippen LogP contribution in [0.4, 0.5) is 4.39 Å². The third-order valence-electron chi connectivity index (χ3n) is 2.68. The monoisotopic (exact) mass is 311 g/mol. The number of halogens is 1. The van der Waals surface area contributed by atoms with E-state index in [9.17, 15) is 14.0 Å². The Morgan fingerprint density at radius 2 is 2.24 bits per heavy atom. The van der Waals surface area contributed by atoms with E-state index in [1.165, 1.54) is 22.8 Å². The van der Waals surface area contributed by atoms with Crippen LogP contribution in [0, 0.1) is 5.82 Å². The van der Waals surface area contributed by atoms with E-state index in [2.05, 4.69) is 10.3 Å². The van der Waals surface area contributed by atoms with Crippen LogP contribution < -0.4 is 5.32 Å². The Kier molecular flexibility index (Phi) is 4.79. The van der Waals surface area contributed by atoms with E-state index < -0.39 is 11.8 Å². The normalized spacial score (nSPS) is 10.8. The molecular formula is C13H14FN3O3S. The van der Waals surface area contributed by atoms with E-state index in [1.807, 2.05) is 0 Å². The minimum Gasteiger partial charge on any atom is -0.481 e. The molecule has 1 heterocycles. The molecule has 0 saturated heterocycles. The van der Waals surface area contributed by atoms with Gasteiger partial charge in [0.1, 0.15) is 12.4 Å². The summed E-state index contributed by atoms with van der Waals surface area (Å²) in [5, 5.41) is 11.8. The van der Waals surface area contributed by atoms with Crippen molar-refractivity contribution >= 4 is 34.7 Å². The molecule has 0 unspecified atom stereocenters. The fourth-order valence-electron chi connectivity index (χ4n) is 1.86. The van der Waals surface area contributed by atoms with Gasteiger partial charge < -0.3 is 15.0 Å². The number of amides is 1. The SMILES string of the molecule is CCNC(=O)Cn1c(SCC(=O)O)nc2ccc(F)cc21. The Morgan fingerprint density at radius 1 is 1.48 bits per heavy atom. The van der Waals surface area contributed by atoms with Gasteiger partial charge in [-0.1, -0.05) is 11.8 Å². The molecule has 0 atom stereocenters. The molecule has 8 heteroatoms. The number of nitrogens with zero attached hydrogens (tertiary/aromatic N) is 2. The number of carboxylic acid groups (broad SMARTS) is 1. The molecule has 21 heavy (non-hydrogen) atoms. The van der Waals surface area contributed by atoms with Gasteiger partial charge in [-0.2, -0.15) is 0 Å². The highest BCUT2D eigenvalue weighted by molar-refractivity contribution is 7.99. The third-order valence-corrected chi connectivity index (χ3v) is 3.64. The van der Waals surface area contributed by atoms with Crippen LogP contribution in [0.15, 0.2) is 23.4 Å². The summed E-state index contributed by atoms with van der Waals surface area (Å²) in [6, 6.07) is 4.06. The van der Waals surface area contributed by atoms with E-state index in [0.717, 1.165) is 11.8 Å². The number of fused-ring (bicyclic) bond motifs is 1. The van der Waals surface area contributed by atoms with Crippen LogP contribution in [0.5, 0.6) is 0 Å². The zero-order valence-corrected chi connectivity index (χ0v) is 12.1. The van der Waals surface area contributed by atoms with Crippen molar-refractivity contribution < 1.29 is 19.1 Å². The third kappa shape index (κ3) is 3.72. The van der Waals surface area contributed by atoms with Gasteiger partial charge in [0.05, 0.1) is 16.8 Å². The first-order valence-electron chi connectivity index (χ1n) is 6.28. The maximum Gasteiger partial charge on any atom is 0.313 e. The van der Waals surface area contributed by atoms with Crippen molar-refractivity contribution in [2.75, 3.05) is 12.3 Å². The standard InChI is InChI=1S/C13H14FN3O3S/c1-2-15-11(18)6-17-10-5-8(14)3-4-9(10)16-13(17)21-7-12(19)20/h3-5H,2,6-7H2,1H3,(H,15,18)(H,19,20). The number of imidazole rings is 1. The van der Waals surface area contributed by atoms with Crippen LogP contribution in [-0.4, -0.2) is 38.8 Å². The first-order valence-corrected chi connectivity index (χ1v) is 7.27. The molecule has 0 fully saturated rings. The van der Waals surface area contributed by atoms with Gasteiger partial charge in [0, 0.05) is 6.54 Å². The number of aromatic nitrogens is 2. The van der Waals surface area contributed by atoms with Crippen molar-refractivity contribution in [2.24, 2.45) is 0 Å². The van der Waals surface area contributed by atoms with E-state index in [1.54, 1.807) is 6.92 Å². The van der Waals surface area contributed by atoms with Crippen molar-refractivity contribution in [2.45, 2.75) is 18.6 Å². The summed E-state index contributed by atoms with van der Waals surface area (Å²) in [7, 11) is 0. The van der Waals surface area contributed by atoms with Crippen LogP contribution in [-0.2, 0) is 16.1 Å². The summed E-state index contributed by atoms with van der Waals surface area (Å²) in [6.45, 7) is 2.25. The number of carboxylic acids is 1. The van der Waals surface area contributed by atoms with Crippen molar-refractivity contribution in [3.05, 3.63) is 24.0 Å². The zero-order chi connectivity index (χ0) is 15.4. The van der Waals surface area contributed by atoms with Crippen LogP contribution >= 0.6 is 11.8 Å². The number of nitrogens with one attached hydrogen (secondary N) is 1. The number of benzene rings is 1. The molecule has 1 aromatic carbocycles. The minimum atomic E-state index is -0.984. The molecule has 0 aliphatic rings. The molecule has 1 amide bonds. The summed E-state index contributed by atoms with van der Waals surface area (Å²) in [6.07, 6.45) is 0. The van der Waals surface area contributed by atoms with Gasteiger partial charge in [0.25, 0.3) is 0 Å². The number of aliphatic carboxylic acids is 1. The highest BCUT2D eigenvalue weighted by Gasteiger charge is 2.15. The summed E-state index contributed by atoms with van der Waals surface area (Å²) in [4.78, 5) is 26.7. The molecule has 0 aliphatic heterocycles. The van der Waals surface area contributed by atoms with Crippen molar-refractivity contribution in [1.29, 1.82) is 0 Å². The van der Waals surface area contributed by atoms with Gasteiger partial charge in [0.15, 0.2) is 5.16 Å². The topological polar surface area (TPSA) is 84.2 Å². The molecular weight excluding hydrogens is 297 g/mol. The highest BCUT2D eigenvalue weighted by Crippen LogP contribution is 2.24. The Balaban J connectivity index is 2.40. The molecule has 6 nitrogen and oxygen atoms in total. The number of likely N-dealkylation sites (N-methyl/N-ethyl adjacent to an activating group) is 1. The van der Waals surface area contributed by atoms with Gasteiger partial charge >= 0.3 is 5.97 Å². The molecule has 0 aliphatic carbocycles. The Labute approximate surface area is 124 Å². The lowest BCUT2D eigenvalue weighted by molar-refractivity contribution is -0.133. The first kappa shape index (κ1) is 15.3. The zero-order valence-electron chi connectivity index (χ0n) is 11.3. The summed E-state index contributed by atoms with van der Waals surface area (Å²) in [5.41, 5.74) is 0.989. The van der Waals surface area contributed by atoms with Crippen molar-refractivity contribution in [3.63, 3.8) is 0 Å². The average molecular weight is 311 g/mol. The predicted molar refractivity (Wildman–Crippen MR) is 76.7 cm³/mol. The second kappa shape index (κ2) is 6.57. The molecule has 0 radical (unpaired) electrons. The van der Waals surface area contributed by atoms with Gasteiger partial charge in [-0.15, -0.1) is 0 Å². The number of thioether (sulfide) groups is 1. The summed E-state index contributed by atoms with van der Waals surface area (Å²) in [5.74, 6) is -1.84. The number of carbonyl (C=O) groups is 2. The number of rotatable bonds is 6.